The standard InChI is InChI=1S/C17H23NO5/c1-12(22-11-16-7-3-4-9-21-16)17(20)23-15-8-5-6-14(10-15)18-13(2)19/h5-6,8,10,12,16H,3-4,7,9,11H2,1-2H3,(H,18,19). The first-order chi connectivity index (χ1) is 11.0. The predicted octanol–water partition coefficient (Wildman–Crippen LogP) is 2.52. The summed E-state index contributed by atoms with van der Waals surface area (Å²) in [5.41, 5.74) is 0.576. The van der Waals surface area contributed by atoms with Gasteiger partial charge >= 0.3 is 5.97 Å². The number of amides is 1. The molecule has 1 amide bonds. The van der Waals surface area contributed by atoms with E-state index in [1.165, 1.54) is 6.92 Å². The Balaban J connectivity index is 1.81. The monoisotopic (exact) mass is 321 g/mol. The Hall–Kier alpha value is -1.92. The van der Waals surface area contributed by atoms with Gasteiger partial charge in [-0.3, -0.25) is 4.79 Å². The van der Waals surface area contributed by atoms with Crippen molar-refractivity contribution in [1.82, 2.24) is 0 Å². The Morgan fingerprint density at radius 2 is 2.22 bits per heavy atom. The predicted molar refractivity (Wildman–Crippen MR) is 85.4 cm³/mol. The first kappa shape index (κ1) is 17.4. The smallest absolute Gasteiger partial charge is 0.340 e. The molecule has 2 rings (SSSR count). The van der Waals surface area contributed by atoms with E-state index in [4.69, 9.17) is 14.2 Å². The lowest BCUT2D eigenvalue weighted by Crippen LogP contribution is -2.31. The van der Waals surface area contributed by atoms with Crippen molar-refractivity contribution in [3.63, 3.8) is 0 Å². The molecule has 0 aromatic heterocycles. The van der Waals surface area contributed by atoms with Gasteiger partial charge in [0.2, 0.25) is 5.91 Å². The molecule has 1 aromatic rings. The zero-order valence-electron chi connectivity index (χ0n) is 13.5. The van der Waals surface area contributed by atoms with Crippen LogP contribution in [0.3, 0.4) is 0 Å². The van der Waals surface area contributed by atoms with Crippen molar-refractivity contribution in [3.05, 3.63) is 24.3 Å². The van der Waals surface area contributed by atoms with E-state index in [-0.39, 0.29) is 12.0 Å². The fourth-order valence-corrected chi connectivity index (χ4v) is 2.30. The molecule has 1 aromatic carbocycles. The molecule has 1 aliphatic heterocycles. The SMILES string of the molecule is CC(=O)Nc1cccc(OC(=O)C(C)OCC2CCCCO2)c1. The highest BCUT2D eigenvalue weighted by atomic mass is 16.6. The van der Waals surface area contributed by atoms with Gasteiger partial charge in [0, 0.05) is 25.3 Å². The molecule has 0 radical (unpaired) electrons. The second kappa shape index (κ2) is 8.64. The molecule has 1 N–H and O–H groups in total. The van der Waals surface area contributed by atoms with Crippen LogP contribution in [0.4, 0.5) is 5.69 Å². The first-order valence-corrected chi connectivity index (χ1v) is 7.87. The zero-order valence-corrected chi connectivity index (χ0v) is 13.5. The van der Waals surface area contributed by atoms with Crippen LogP contribution in [0.5, 0.6) is 5.75 Å². The number of esters is 1. The van der Waals surface area contributed by atoms with Gasteiger partial charge in [-0.1, -0.05) is 6.07 Å². The van der Waals surface area contributed by atoms with Crippen LogP contribution in [-0.4, -0.2) is 37.3 Å². The van der Waals surface area contributed by atoms with E-state index in [1.807, 2.05) is 0 Å². The molecule has 1 aliphatic rings. The average molecular weight is 321 g/mol. The number of nitrogens with one attached hydrogen (secondary N) is 1. The van der Waals surface area contributed by atoms with Gasteiger partial charge < -0.3 is 19.5 Å². The van der Waals surface area contributed by atoms with Crippen LogP contribution in [0.2, 0.25) is 0 Å². The normalized spacial score (nSPS) is 19.0. The molecular weight excluding hydrogens is 298 g/mol. The van der Waals surface area contributed by atoms with Crippen LogP contribution in [0.25, 0.3) is 0 Å². The summed E-state index contributed by atoms with van der Waals surface area (Å²) in [5.74, 6) is -0.288. The third kappa shape index (κ3) is 6.00. The van der Waals surface area contributed by atoms with E-state index in [1.54, 1.807) is 31.2 Å². The number of carbonyl (C=O) groups is 2. The van der Waals surface area contributed by atoms with Crippen LogP contribution in [0.1, 0.15) is 33.1 Å². The van der Waals surface area contributed by atoms with Crippen molar-refractivity contribution in [2.45, 2.75) is 45.3 Å². The van der Waals surface area contributed by atoms with E-state index in [9.17, 15) is 9.59 Å². The molecule has 2 atom stereocenters. The molecule has 0 saturated carbocycles. The minimum absolute atomic E-state index is 0.0575. The van der Waals surface area contributed by atoms with Crippen molar-refractivity contribution >= 4 is 17.6 Å². The van der Waals surface area contributed by atoms with Gasteiger partial charge in [0.1, 0.15) is 5.75 Å². The summed E-state index contributed by atoms with van der Waals surface area (Å²) >= 11 is 0. The number of rotatable bonds is 6. The van der Waals surface area contributed by atoms with E-state index >= 15 is 0 Å². The summed E-state index contributed by atoms with van der Waals surface area (Å²) in [6.45, 7) is 4.22. The highest BCUT2D eigenvalue weighted by molar-refractivity contribution is 5.89. The molecule has 23 heavy (non-hydrogen) atoms. The topological polar surface area (TPSA) is 73.9 Å². The Bertz CT molecular complexity index is 540. The van der Waals surface area contributed by atoms with Crippen molar-refractivity contribution in [1.29, 1.82) is 0 Å². The van der Waals surface area contributed by atoms with E-state index in [0.717, 1.165) is 25.9 Å². The molecule has 1 heterocycles. The summed E-state index contributed by atoms with van der Waals surface area (Å²) in [7, 11) is 0. The third-order valence-corrected chi connectivity index (χ3v) is 3.51. The quantitative estimate of drug-likeness (QED) is 0.644. The molecule has 2 unspecified atom stereocenters. The van der Waals surface area contributed by atoms with E-state index in [0.29, 0.717) is 18.0 Å². The third-order valence-electron chi connectivity index (χ3n) is 3.51. The van der Waals surface area contributed by atoms with Gasteiger partial charge in [-0.2, -0.15) is 0 Å². The number of carbonyl (C=O) groups excluding carboxylic acids is 2. The van der Waals surface area contributed by atoms with E-state index in [2.05, 4.69) is 5.32 Å². The van der Waals surface area contributed by atoms with Crippen LogP contribution in [0, 0.1) is 0 Å². The maximum absolute atomic E-state index is 12.0. The number of hydrogen-bond donors (Lipinski definition) is 1. The number of hydrogen-bond acceptors (Lipinski definition) is 5. The minimum atomic E-state index is -0.676. The Morgan fingerprint density at radius 3 is 2.91 bits per heavy atom. The maximum Gasteiger partial charge on any atom is 0.340 e. The number of benzene rings is 1. The van der Waals surface area contributed by atoms with Crippen molar-refractivity contribution in [2.24, 2.45) is 0 Å². The fraction of sp³-hybridized carbons (Fsp3) is 0.529. The lowest BCUT2D eigenvalue weighted by atomic mass is 10.1. The van der Waals surface area contributed by atoms with Crippen molar-refractivity contribution in [3.8, 4) is 5.75 Å². The number of anilines is 1. The molecule has 0 aliphatic carbocycles. The van der Waals surface area contributed by atoms with Gasteiger partial charge in [-0.05, 0) is 38.3 Å². The van der Waals surface area contributed by atoms with Gasteiger partial charge in [0.15, 0.2) is 6.10 Å². The van der Waals surface area contributed by atoms with Gasteiger partial charge in [0.05, 0.1) is 12.7 Å². The van der Waals surface area contributed by atoms with Gasteiger partial charge in [-0.15, -0.1) is 0 Å². The zero-order chi connectivity index (χ0) is 16.7. The largest absolute Gasteiger partial charge is 0.425 e. The summed E-state index contributed by atoms with van der Waals surface area (Å²) in [5, 5.41) is 2.64. The van der Waals surface area contributed by atoms with Gasteiger partial charge in [-0.25, -0.2) is 4.79 Å². The Morgan fingerprint density at radius 1 is 1.39 bits per heavy atom. The Labute approximate surface area is 136 Å². The summed E-state index contributed by atoms with van der Waals surface area (Å²) in [6, 6.07) is 6.67. The molecule has 126 valence electrons. The lowest BCUT2D eigenvalue weighted by Gasteiger charge is -2.23. The molecule has 6 nitrogen and oxygen atoms in total. The van der Waals surface area contributed by atoms with Crippen LogP contribution in [-0.2, 0) is 19.1 Å². The number of ether oxygens (including phenoxy) is 3. The van der Waals surface area contributed by atoms with Crippen molar-refractivity contribution < 1.29 is 23.8 Å². The maximum atomic E-state index is 12.0. The molecule has 1 saturated heterocycles. The second-order valence-electron chi connectivity index (χ2n) is 5.59. The summed E-state index contributed by atoms with van der Waals surface area (Å²) < 4.78 is 16.4. The van der Waals surface area contributed by atoms with Crippen molar-refractivity contribution in [2.75, 3.05) is 18.5 Å². The van der Waals surface area contributed by atoms with Crippen LogP contribution >= 0.6 is 0 Å². The van der Waals surface area contributed by atoms with Gasteiger partial charge in [0.25, 0.3) is 0 Å². The highest BCUT2D eigenvalue weighted by Gasteiger charge is 2.20. The molecule has 0 spiro atoms. The average Bonchev–Trinajstić information content (AvgIpc) is 2.53. The summed E-state index contributed by atoms with van der Waals surface area (Å²) in [4.78, 5) is 23.1. The summed E-state index contributed by atoms with van der Waals surface area (Å²) in [6.07, 6.45) is 2.55. The Kier molecular flexibility index (Phi) is 6.55. The molecular formula is C17H23NO5. The minimum Gasteiger partial charge on any atom is -0.425 e. The van der Waals surface area contributed by atoms with Crippen LogP contribution < -0.4 is 10.1 Å². The van der Waals surface area contributed by atoms with E-state index < -0.39 is 12.1 Å². The highest BCUT2D eigenvalue weighted by Crippen LogP contribution is 2.18. The molecule has 1 fully saturated rings. The van der Waals surface area contributed by atoms with Crippen LogP contribution in [0.15, 0.2) is 24.3 Å². The lowest BCUT2D eigenvalue weighted by molar-refractivity contribution is -0.149. The molecule has 0 bridgehead atoms. The first-order valence-electron chi connectivity index (χ1n) is 7.87. The molecule has 6 heteroatoms. The second-order valence-corrected chi connectivity index (χ2v) is 5.59. The fourth-order valence-electron chi connectivity index (χ4n) is 2.30.